The van der Waals surface area contributed by atoms with Gasteiger partial charge in [-0.05, 0) is 0 Å². The zero-order valence-electron chi connectivity index (χ0n) is 6.66. The van der Waals surface area contributed by atoms with Gasteiger partial charge in [-0.3, -0.25) is 0 Å². The van der Waals surface area contributed by atoms with Crippen LogP contribution < -0.4 is 4.16 Å². The zero-order chi connectivity index (χ0) is 7.68. The Morgan fingerprint density at radius 1 is 0.833 bits per heavy atom. The molecule has 2 aromatic carbocycles. The van der Waals surface area contributed by atoms with E-state index in [2.05, 4.69) is 42.5 Å². The second-order valence-corrected chi connectivity index (χ2v) is 4.39. The van der Waals surface area contributed by atoms with E-state index in [9.17, 15) is 0 Å². The van der Waals surface area contributed by atoms with Crippen molar-refractivity contribution in [2.45, 2.75) is 0 Å². The van der Waals surface area contributed by atoms with Crippen molar-refractivity contribution in [2.24, 2.45) is 0 Å². The predicted molar refractivity (Wildman–Crippen MR) is 50.8 cm³/mol. The fraction of sp³-hybridized carbons (Fsp3) is 0. The molecule has 2 heteroatoms. The summed E-state index contributed by atoms with van der Waals surface area (Å²) in [5.74, 6) is 0. The van der Waals surface area contributed by atoms with Crippen LogP contribution in [-0.4, -0.2) is 0 Å². The summed E-state index contributed by atoms with van der Waals surface area (Å²) in [6, 6.07) is 15.1. The molecule has 0 aromatic heterocycles. The van der Waals surface area contributed by atoms with Gasteiger partial charge in [0.05, 0.1) is 0 Å². The summed E-state index contributed by atoms with van der Waals surface area (Å²) >= 11 is 1.24. The third-order valence-electron chi connectivity index (χ3n) is 1.81. The molecular formula is C10H8ClZn. The third kappa shape index (κ3) is 1.85. The number of hydrogen-bond acceptors (Lipinski definition) is 0. The zero-order valence-corrected chi connectivity index (χ0v) is 10.4. The maximum atomic E-state index is 2.26. The molecular weight excluding hydrogens is 221 g/mol. The van der Waals surface area contributed by atoms with Crippen LogP contribution in [0.2, 0.25) is 0 Å². The van der Waals surface area contributed by atoms with E-state index in [-0.39, 0.29) is 12.4 Å². The molecule has 0 bridgehead atoms. The van der Waals surface area contributed by atoms with Gasteiger partial charge in [0.1, 0.15) is 0 Å². The molecule has 0 spiro atoms. The number of rotatable bonds is 0. The van der Waals surface area contributed by atoms with Crippen molar-refractivity contribution in [3.8, 4) is 0 Å². The van der Waals surface area contributed by atoms with E-state index in [4.69, 9.17) is 0 Å². The van der Waals surface area contributed by atoms with Crippen molar-refractivity contribution in [3.05, 3.63) is 42.5 Å². The van der Waals surface area contributed by atoms with Crippen LogP contribution in [0, 0.1) is 0 Å². The van der Waals surface area contributed by atoms with Crippen LogP contribution in [0.1, 0.15) is 0 Å². The molecule has 0 aliphatic heterocycles. The molecule has 2 rings (SSSR count). The van der Waals surface area contributed by atoms with Crippen molar-refractivity contribution < 1.29 is 18.3 Å². The van der Waals surface area contributed by atoms with Gasteiger partial charge in [-0.1, -0.05) is 0 Å². The van der Waals surface area contributed by atoms with Crippen LogP contribution in [0.4, 0.5) is 0 Å². The quantitative estimate of drug-likeness (QED) is 0.608. The Kier molecular flexibility index (Phi) is 3.25. The van der Waals surface area contributed by atoms with E-state index >= 15 is 0 Å². The van der Waals surface area contributed by atoms with Gasteiger partial charge in [0, 0.05) is 0 Å². The maximum absolute atomic E-state index is 2.26. The summed E-state index contributed by atoms with van der Waals surface area (Å²) in [7, 11) is 0. The molecule has 2 aromatic rings. The van der Waals surface area contributed by atoms with Crippen LogP contribution >= 0.6 is 12.4 Å². The number of hydrogen-bond donors (Lipinski definition) is 0. The molecule has 0 saturated carbocycles. The molecule has 0 amide bonds. The van der Waals surface area contributed by atoms with Crippen LogP contribution in [0.5, 0.6) is 0 Å². The monoisotopic (exact) mass is 227 g/mol. The molecule has 0 aliphatic rings. The van der Waals surface area contributed by atoms with Crippen LogP contribution in [0.3, 0.4) is 0 Å². The van der Waals surface area contributed by atoms with E-state index in [1.165, 1.54) is 33.2 Å². The van der Waals surface area contributed by atoms with Crippen molar-refractivity contribution in [1.29, 1.82) is 0 Å². The topological polar surface area (TPSA) is 0 Å². The van der Waals surface area contributed by atoms with Crippen LogP contribution in [0.25, 0.3) is 10.8 Å². The summed E-state index contributed by atoms with van der Waals surface area (Å²) in [4.78, 5) is 0. The molecule has 0 unspecified atom stereocenters. The SMILES string of the molecule is Cl.[Zn][c]1ccc2ccccc2c1. The molecule has 0 aliphatic carbocycles. The Labute approximate surface area is 88.1 Å². The van der Waals surface area contributed by atoms with Crippen molar-refractivity contribution in [2.75, 3.05) is 0 Å². The average molecular weight is 229 g/mol. The Morgan fingerprint density at radius 2 is 1.50 bits per heavy atom. The summed E-state index contributed by atoms with van der Waals surface area (Å²) in [5.41, 5.74) is 0. The number of benzene rings is 2. The summed E-state index contributed by atoms with van der Waals surface area (Å²) in [6.45, 7) is 0. The van der Waals surface area contributed by atoms with Crippen molar-refractivity contribution >= 4 is 27.3 Å². The molecule has 0 radical (unpaired) electrons. The van der Waals surface area contributed by atoms with Gasteiger partial charge in [0.25, 0.3) is 0 Å². The summed E-state index contributed by atoms with van der Waals surface area (Å²) in [5, 5.41) is 2.70. The van der Waals surface area contributed by atoms with E-state index in [0.717, 1.165) is 0 Å². The molecule has 0 saturated heterocycles. The van der Waals surface area contributed by atoms with Gasteiger partial charge >= 0.3 is 75.7 Å². The van der Waals surface area contributed by atoms with Crippen LogP contribution in [-0.2, 0) is 18.3 Å². The van der Waals surface area contributed by atoms with E-state index in [1.54, 1.807) is 0 Å². The molecule has 12 heavy (non-hydrogen) atoms. The van der Waals surface area contributed by atoms with Gasteiger partial charge in [-0.25, -0.2) is 0 Å². The minimum atomic E-state index is 0. The van der Waals surface area contributed by atoms with Crippen molar-refractivity contribution in [1.82, 2.24) is 0 Å². The molecule has 57 valence electrons. The molecule has 0 N–H and O–H groups in total. The minimum absolute atomic E-state index is 0. The first kappa shape index (κ1) is 9.70. The Bertz CT molecular complexity index is 384. The number of fused-ring (bicyclic) bond motifs is 1. The third-order valence-corrected chi connectivity index (χ3v) is 2.74. The second kappa shape index (κ2) is 4.02. The molecule has 0 heterocycles. The number of halogens is 1. The first-order valence-corrected chi connectivity index (χ1v) is 5.15. The molecule has 0 atom stereocenters. The summed E-state index contributed by atoms with van der Waals surface area (Å²) < 4.78 is 1.45. The average Bonchev–Trinajstić information content (AvgIpc) is 2.04. The second-order valence-electron chi connectivity index (χ2n) is 2.68. The Hall–Kier alpha value is -0.387. The Morgan fingerprint density at radius 3 is 2.25 bits per heavy atom. The fourth-order valence-electron chi connectivity index (χ4n) is 1.24. The molecule has 0 nitrogen and oxygen atoms in total. The summed E-state index contributed by atoms with van der Waals surface area (Å²) in [6.07, 6.45) is 0. The first-order chi connectivity index (χ1) is 5.36. The Balaban J connectivity index is 0.000000720. The standard InChI is InChI=1S/C10H7.ClH.Zn/c1-2-6-10-8-4-3-7-9(10)5-1;;/h1-3,5-8H;1H;. The van der Waals surface area contributed by atoms with Gasteiger partial charge in [-0.2, -0.15) is 0 Å². The van der Waals surface area contributed by atoms with Crippen LogP contribution in [0.15, 0.2) is 42.5 Å². The van der Waals surface area contributed by atoms with Gasteiger partial charge < -0.3 is 0 Å². The molecule has 0 fully saturated rings. The first-order valence-electron chi connectivity index (χ1n) is 3.67. The van der Waals surface area contributed by atoms with Crippen molar-refractivity contribution in [3.63, 3.8) is 0 Å². The normalized spacial score (nSPS) is 9.50. The van der Waals surface area contributed by atoms with Gasteiger partial charge in [0.2, 0.25) is 0 Å². The predicted octanol–water partition coefficient (Wildman–Crippen LogP) is 2.43. The van der Waals surface area contributed by atoms with E-state index < -0.39 is 0 Å². The van der Waals surface area contributed by atoms with E-state index in [1.807, 2.05) is 0 Å². The fourth-order valence-corrected chi connectivity index (χ4v) is 1.95. The van der Waals surface area contributed by atoms with Gasteiger partial charge in [-0.15, -0.1) is 12.4 Å². The van der Waals surface area contributed by atoms with E-state index in [0.29, 0.717) is 0 Å². The van der Waals surface area contributed by atoms with Gasteiger partial charge in [0.15, 0.2) is 0 Å².